The molecule has 7 amide bonds. The Kier molecular flexibility index (Phi) is 30.2. The number of hydrogen-bond acceptors (Lipinski definition) is 14. The lowest BCUT2D eigenvalue weighted by atomic mass is 10.0. The Morgan fingerprint density at radius 2 is 1.10 bits per heavy atom. The molecule has 27 nitrogen and oxygen atoms in total. The highest BCUT2D eigenvalue weighted by Crippen LogP contribution is 2.14. The fraction of sp³-hybridized carbons (Fsp3) is 0.641. The number of carboxylic acids is 3. The lowest BCUT2D eigenvalue weighted by Gasteiger charge is -2.26. The van der Waals surface area contributed by atoms with Crippen LogP contribution in [0.25, 0.3) is 0 Å². The molecule has 0 bridgehead atoms. The summed E-state index contributed by atoms with van der Waals surface area (Å²) in [5, 5.41) is 50.8. The van der Waals surface area contributed by atoms with Gasteiger partial charge in [0.25, 0.3) is 0 Å². The molecule has 18 N–H and O–H groups in total. The van der Waals surface area contributed by atoms with E-state index in [0.29, 0.717) is 5.69 Å². The van der Waals surface area contributed by atoms with Gasteiger partial charge in [0.05, 0.1) is 25.5 Å². The third-order valence-electron chi connectivity index (χ3n) is 8.76. The second-order valence-electron chi connectivity index (χ2n) is 16.2. The average Bonchev–Trinajstić information content (AvgIpc) is 3.77. The Bertz CT molecular complexity index is 1960. The van der Waals surface area contributed by atoms with Crippen molar-refractivity contribution in [1.82, 2.24) is 47.2 Å². The molecule has 0 aliphatic rings. The van der Waals surface area contributed by atoms with Crippen LogP contribution >= 0.6 is 0 Å². The number of aliphatic hydroxyl groups is 1. The second kappa shape index (κ2) is 32.5. The van der Waals surface area contributed by atoms with E-state index in [1.807, 2.05) is 0 Å². The minimum absolute atomic E-state index is 0.0152. The van der Waals surface area contributed by atoms with Crippen molar-refractivity contribution >= 4 is 65.2 Å². The molecule has 1 rings (SSSR count). The SMILES string of the molecule is CC(C)C[C@H](NC(=O)CNC(=O)[C@H](CC(C)C)NC(=O)[C@H](Cc1cnc[nH]1)NC(=O)[C@H](CO)NC(=O)[C@H](C)N)C(=O)N[C@@H](C)C(=O)N[C@@H](CCCN=C(N)N)C(=O)O.O=C(O)C(F)(F)F.O=C(O)C(F)(F)F. The quantitative estimate of drug-likeness (QED) is 0.0188. The molecule has 0 aliphatic heterocycles. The van der Waals surface area contributed by atoms with Crippen molar-refractivity contribution < 1.29 is 94.7 Å². The molecule has 0 spiro atoms. The van der Waals surface area contributed by atoms with Crippen molar-refractivity contribution in [2.24, 2.45) is 34.0 Å². The van der Waals surface area contributed by atoms with E-state index in [1.165, 1.54) is 26.4 Å². The van der Waals surface area contributed by atoms with Crippen molar-refractivity contribution in [1.29, 1.82) is 0 Å². The van der Waals surface area contributed by atoms with Crippen LogP contribution in [-0.2, 0) is 54.4 Å². The molecule has 410 valence electrons. The lowest BCUT2D eigenvalue weighted by Crippen LogP contribution is -2.59. The van der Waals surface area contributed by atoms with E-state index in [2.05, 4.69) is 52.2 Å². The topological polar surface area (TPSA) is 455 Å². The number of alkyl halides is 6. The van der Waals surface area contributed by atoms with E-state index in [4.69, 9.17) is 37.0 Å². The van der Waals surface area contributed by atoms with Gasteiger partial charge in [-0.2, -0.15) is 26.3 Å². The third-order valence-corrected chi connectivity index (χ3v) is 8.76. The fourth-order valence-corrected chi connectivity index (χ4v) is 5.25. The van der Waals surface area contributed by atoms with Crippen LogP contribution in [0.15, 0.2) is 17.5 Å². The fourth-order valence-electron chi connectivity index (χ4n) is 5.25. The molecular formula is C39H63F6N13O14. The van der Waals surface area contributed by atoms with Gasteiger partial charge in [-0.3, -0.25) is 38.6 Å². The molecule has 0 saturated carbocycles. The first kappa shape index (κ1) is 66.8. The van der Waals surface area contributed by atoms with Crippen LogP contribution < -0.4 is 54.4 Å². The molecule has 0 saturated heterocycles. The number of H-pyrrole nitrogens is 1. The smallest absolute Gasteiger partial charge is 0.480 e. The molecule has 1 aromatic heterocycles. The Balaban J connectivity index is 0. The van der Waals surface area contributed by atoms with E-state index >= 15 is 0 Å². The first-order chi connectivity index (χ1) is 33.0. The first-order valence-electron chi connectivity index (χ1n) is 21.3. The third kappa shape index (κ3) is 29.7. The van der Waals surface area contributed by atoms with Crippen molar-refractivity contribution in [2.45, 2.75) is 128 Å². The number of nitrogens with zero attached hydrogens (tertiary/aromatic N) is 2. The van der Waals surface area contributed by atoms with Crippen LogP contribution in [0.3, 0.4) is 0 Å². The summed E-state index contributed by atoms with van der Waals surface area (Å²) < 4.78 is 63.5. The number of carbonyl (C=O) groups is 10. The molecule has 1 heterocycles. The highest BCUT2D eigenvalue weighted by atomic mass is 19.4. The predicted octanol–water partition coefficient (Wildman–Crippen LogP) is -3.17. The molecule has 72 heavy (non-hydrogen) atoms. The van der Waals surface area contributed by atoms with Gasteiger partial charge >= 0.3 is 30.3 Å². The van der Waals surface area contributed by atoms with Gasteiger partial charge < -0.3 is 79.8 Å². The zero-order valence-electron chi connectivity index (χ0n) is 39.8. The van der Waals surface area contributed by atoms with Gasteiger partial charge in [-0.1, -0.05) is 27.7 Å². The van der Waals surface area contributed by atoms with Gasteiger partial charge in [0.1, 0.15) is 36.3 Å². The number of imidazole rings is 1. The van der Waals surface area contributed by atoms with E-state index in [0.717, 1.165) is 0 Å². The number of aromatic nitrogens is 2. The van der Waals surface area contributed by atoms with Gasteiger partial charge in [-0.25, -0.2) is 19.4 Å². The zero-order valence-corrected chi connectivity index (χ0v) is 39.8. The summed E-state index contributed by atoms with van der Waals surface area (Å²) in [4.78, 5) is 131. The summed E-state index contributed by atoms with van der Waals surface area (Å²) in [7, 11) is 0. The Hall–Kier alpha value is -7.32. The van der Waals surface area contributed by atoms with Gasteiger partial charge in [-0.05, 0) is 51.4 Å². The van der Waals surface area contributed by atoms with Crippen LogP contribution in [0.4, 0.5) is 26.3 Å². The number of rotatable bonds is 26. The maximum absolute atomic E-state index is 13.6. The van der Waals surface area contributed by atoms with Crippen LogP contribution in [0.2, 0.25) is 0 Å². The summed E-state index contributed by atoms with van der Waals surface area (Å²) in [6.45, 7) is 8.66. The van der Waals surface area contributed by atoms with Crippen LogP contribution in [0.1, 0.15) is 72.9 Å². The summed E-state index contributed by atoms with van der Waals surface area (Å²) in [5.41, 5.74) is 16.5. The summed E-state index contributed by atoms with van der Waals surface area (Å²) in [5.74, 6) is -12.6. The summed E-state index contributed by atoms with van der Waals surface area (Å²) in [6.07, 6.45) is -6.97. The standard InChI is InChI=1S/C35H61N13O10.2C2HF3O2/c1-17(2)10-23(46-32(55)25(12-21-13-39-16-42-21)47-33(56)26(15-49)48-28(51)19(5)36)30(53)41-14-27(50)44-24(11-18(3)4)31(54)43-20(6)29(52)45-22(34(57)58)8-7-9-40-35(37)38;2*3-2(4,5)1(6)7/h13,16-20,22-26,49H,7-12,14-15,36H2,1-6H3,(H,39,42)(H,41,53)(H,43,54)(H,44,50)(H,45,52)(H,46,55)(H,47,56)(H,48,51)(H,57,58)(H4,37,38,40);2*(H,6,7)/t19-,20-,22-,23-,24-,25-,26-;;/m0../s1. The monoisotopic (exact) mass is 1050 g/mol. The second-order valence-corrected chi connectivity index (χ2v) is 16.2. The van der Waals surface area contributed by atoms with Crippen molar-refractivity contribution in [3.8, 4) is 0 Å². The lowest BCUT2D eigenvalue weighted by molar-refractivity contribution is -0.193. The number of amides is 7. The van der Waals surface area contributed by atoms with Gasteiger partial charge in [0.2, 0.25) is 41.4 Å². The van der Waals surface area contributed by atoms with Gasteiger partial charge in [0.15, 0.2) is 5.96 Å². The number of nitrogens with one attached hydrogen (secondary N) is 8. The van der Waals surface area contributed by atoms with Gasteiger partial charge in [-0.15, -0.1) is 0 Å². The Morgan fingerprint density at radius 1 is 0.653 bits per heavy atom. The maximum atomic E-state index is 13.6. The zero-order chi connectivity index (χ0) is 56.3. The molecule has 0 aliphatic carbocycles. The number of halogens is 6. The van der Waals surface area contributed by atoms with E-state index in [9.17, 15) is 74.9 Å². The number of carbonyl (C=O) groups excluding carboxylic acids is 7. The highest BCUT2D eigenvalue weighted by molar-refractivity contribution is 5.97. The number of aliphatic hydroxyl groups excluding tert-OH is 1. The van der Waals surface area contributed by atoms with E-state index < -0.39 is 127 Å². The molecule has 7 atom stereocenters. The highest BCUT2D eigenvalue weighted by Gasteiger charge is 2.39. The summed E-state index contributed by atoms with van der Waals surface area (Å²) >= 11 is 0. The number of aliphatic imine (C=N–C) groups is 1. The average molecular weight is 1050 g/mol. The van der Waals surface area contributed by atoms with Crippen molar-refractivity contribution in [3.05, 3.63) is 18.2 Å². The van der Waals surface area contributed by atoms with E-state index in [1.54, 1.807) is 27.7 Å². The number of aliphatic carboxylic acids is 3. The maximum Gasteiger partial charge on any atom is 0.490 e. The minimum atomic E-state index is -5.08. The van der Waals surface area contributed by atoms with Crippen molar-refractivity contribution in [3.63, 3.8) is 0 Å². The van der Waals surface area contributed by atoms with Crippen LogP contribution in [-0.4, -0.2) is 170 Å². The number of guanidine groups is 1. The minimum Gasteiger partial charge on any atom is -0.480 e. The summed E-state index contributed by atoms with van der Waals surface area (Å²) in [6, 6.07) is -8.54. The number of hydrogen-bond donors (Lipinski definition) is 15. The molecule has 1 aromatic rings. The predicted molar refractivity (Wildman–Crippen MR) is 237 cm³/mol. The number of nitrogens with two attached hydrogens (primary N) is 3. The molecule has 0 unspecified atom stereocenters. The van der Waals surface area contributed by atoms with Crippen LogP contribution in [0.5, 0.6) is 0 Å². The van der Waals surface area contributed by atoms with Crippen LogP contribution in [0, 0.1) is 11.8 Å². The Labute approximate surface area is 407 Å². The largest absolute Gasteiger partial charge is 0.490 e. The van der Waals surface area contributed by atoms with Crippen molar-refractivity contribution in [2.75, 3.05) is 19.7 Å². The molecule has 33 heteroatoms. The molecule has 0 fully saturated rings. The number of aromatic amines is 1. The normalized spacial score (nSPS) is 14.0. The first-order valence-corrected chi connectivity index (χ1v) is 21.3. The Morgan fingerprint density at radius 3 is 1.51 bits per heavy atom. The van der Waals surface area contributed by atoms with Gasteiger partial charge in [0, 0.05) is 24.9 Å². The molecular weight excluding hydrogens is 988 g/mol. The number of carboxylic acid groups (broad SMARTS) is 3. The van der Waals surface area contributed by atoms with E-state index in [-0.39, 0.29) is 56.4 Å². The molecule has 0 radical (unpaired) electrons. The molecule has 0 aromatic carbocycles.